The maximum atomic E-state index is 11.1. The molecule has 0 aromatic heterocycles. The second kappa shape index (κ2) is 3.54. The van der Waals surface area contributed by atoms with Crippen molar-refractivity contribution in [2.45, 2.75) is 45.7 Å². The molecule has 0 aromatic carbocycles. The van der Waals surface area contributed by atoms with Crippen molar-refractivity contribution in [3.63, 3.8) is 0 Å². The summed E-state index contributed by atoms with van der Waals surface area (Å²) < 4.78 is 0. The Morgan fingerprint density at radius 2 is 2.21 bits per heavy atom. The molecule has 0 radical (unpaired) electrons. The van der Waals surface area contributed by atoms with Gasteiger partial charge in [0.25, 0.3) is 0 Å². The van der Waals surface area contributed by atoms with E-state index in [1.807, 2.05) is 0 Å². The largest absolute Gasteiger partial charge is 0.339 e. The van der Waals surface area contributed by atoms with Crippen LogP contribution < -0.4 is 10.6 Å². The molecule has 2 N–H and O–H groups in total. The molecule has 3 heteroatoms. The van der Waals surface area contributed by atoms with Crippen molar-refractivity contribution in [1.29, 1.82) is 0 Å². The van der Waals surface area contributed by atoms with E-state index in [0.717, 1.165) is 0 Å². The number of rotatable bonds is 1. The van der Waals surface area contributed by atoms with E-state index in [1.165, 1.54) is 25.7 Å². The Bertz CT molecular complexity index is 237. The van der Waals surface area contributed by atoms with Gasteiger partial charge in [0.05, 0.1) is 12.7 Å². The lowest BCUT2D eigenvalue weighted by molar-refractivity contribution is -0.118. The Labute approximate surface area is 85.6 Å². The predicted molar refractivity (Wildman–Crippen MR) is 55.7 cm³/mol. The van der Waals surface area contributed by atoms with Crippen LogP contribution in [-0.2, 0) is 4.79 Å². The van der Waals surface area contributed by atoms with Gasteiger partial charge < -0.3 is 5.32 Å². The third-order valence-corrected chi connectivity index (χ3v) is 3.51. The molecule has 1 aliphatic heterocycles. The molecule has 2 atom stereocenters. The Morgan fingerprint density at radius 1 is 1.43 bits per heavy atom. The molecule has 1 saturated heterocycles. The van der Waals surface area contributed by atoms with Crippen molar-refractivity contribution >= 4 is 5.91 Å². The molecule has 0 bridgehead atoms. The van der Waals surface area contributed by atoms with Gasteiger partial charge in [-0.3, -0.25) is 10.1 Å². The van der Waals surface area contributed by atoms with Crippen molar-refractivity contribution in [1.82, 2.24) is 10.6 Å². The van der Waals surface area contributed by atoms with E-state index in [-0.39, 0.29) is 12.1 Å². The van der Waals surface area contributed by atoms with Gasteiger partial charge in [-0.1, -0.05) is 20.3 Å². The first-order valence-corrected chi connectivity index (χ1v) is 5.60. The summed E-state index contributed by atoms with van der Waals surface area (Å²) in [7, 11) is 0. The fraction of sp³-hybridized carbons (Fsp3) is 0.909. The Morgan fingerprint density at radius 3 is 2.79 bits per heavy atom. The van der Waals surface area contributed by atoms with Gasteiger partial charge in [0.1, 0.15) is 0 Å². The fourth-order valence-electron chi connectivity index (χ4n) is 2.80. The quantitative estimate of drug-likeness (QED) is 0.662. The zero-order valence-electron chi connectivity index (χ0n) is 9.10. The summed E-state index contributed by atoms with van der Waals surface area (Å²) in [4.78, 5) is 11.1. The van der Waals surface area contributed by atoms with Gasteiger partial charge >= 0.3 is 0 Å². The molecular weight excluding hydrogens is 176 g/mol. The van der Waals surface area contributed by atoms with E-state index in [1.54, 1.807) is 0 Å². The molecule has 14 heavy (non-hydrogen) atoms. The van der Waals surface area contributed by atoms with Gasteiger partial charge in [0.2, 0.25) is 5.91 Å². The zero-order chi connectivity index (χ0) is 10.2. The number of carbonyl (C=O) groups excluding carboxylic acids is 1. The minimum atomic E-state index is 0.151. The topological polar surface area (TPSA) is 41.1 Å². The second-order valence-corrected chi connectivity index (χ2v) is 5.45. The lowest BCUT2D eigenvalue weighted by Crippen LogP contribution is -2.43. The molecular formula is C11H20N2O. The van der Waals surface area contributed by atoms with Crippen LogP contribution in [0.5, 0.6) is 0 Å². The predicted octanol–water partition coefficient (Wildman–Crippen LogP) is 1.25. The van der Waals surface area contributed by atoms with Gasteiger partial charge in [-0.2, -0.15) is 0 Å². The van der Waals surface area contributed by atoms with E-state index in [9.17, 15) is 4.79 Å². The number of nitrogens with one attached hydrogen (secondary N) is 2. The van der Waals surface area contributed by atoms with E-state index in [0.29, 0.717) is 17.9 Å². The highest BCUT2D eigenvalue weighted by molar-refractivity contribution is 5.80. The Kier molecular flexibility index (Phi) is 2.52. The smallest absolute Gasteiger partial charge is 0.235 e. The van der Waals surface area contributed by atoms with Crippen molar-refractivity contribution in [3.8, 4) is 0 Å². The summed E-state index contributed by atoms with van der Waals surface area (Å²) >= 11 is 0. The monoisotopic (exact) mass is 196 g/mol. The van der Waals surface area contributed by atoms with Crippen molar-refractivity contribution in [2.24, 2.45) is 11.3 Å². The lowest BCUT2D eigenvalue weighted by atomic mass is 9.71. The van der Waals surface area contributed by atoms with E-state index >= 15 is 0 Å². The average molecular weight is 196 g/mol. The van der Waals surface area contributed by atoms with Crippen LogP contribution >= 0.6 is 0 Å². The van der Waals surface area contributed by atoms with Crippen LogP contribution in [-0.4, -0.2) is 18.6 Å². The van der Waals surface area contributed by atoms with Crippen molar-refractivity contribution in [3.05, 3.63) is 0 Å². The van der Waals surface area contributed by atoms with Crippen LogP contribution in [0.2, 0.25) is 0 Å². The number of hydrogen-bond acceptors (Lipinski definition) is 2. The number of carbonyl (C=O) groups is 1. The molecule has 2 rings (SSSR count). The highest BCUT2D eigenvalue weighted by Crippen LogP contribution is 2.39. The van der Waals surface area contributed by atoms with Crippen LogP contribution in [0.1, 0.15) is 39.5 Å². The Hall–Kier alpha value is -0.570. The molecule has 1 heterocycles. The number of amides is 1. The summed E-state index contributed by atoms with van der Waals surface area (Å²) in [6, 6.07) is 0. The molecule has 0 spiro atoms. The van der Waals surface area contributed by atoms with Crippen LogP contribution in [0.25, 0.3) is 0 Å². The average Bonchev–Trinajstić information content (AvgIpc) is 2.50. The SMILES string of the molecule is CC1(C)CCCC(C2NCC(=O)N2)C1. The van der Waals surface area contributed by atoms with Crippen molar-refractivity contribution in [2.75, 3.05) is 6.54 Å². The van der Waals surface area contributed by atoms with Crippen LogP contribution in [0, 0.1) is 11.3 Å². The standard InChI is InChI=1S/C11H20N2O/c1-11(2)5-3-4-8(6-11)10-12-7-9(14)13-10/h8,10,12H,3-7H2,1-2H3,(H,13,14). The van der Waals surface area contributed by atoms with Gasteiger partial charge in [-0.15, -0.1) is 0 Å². The summed E-state index contributed by atoms with van der Waals surface area (Å²) in [6.07, 6.45) is 5.34. The second-order valence-electron chi connectivity index (χ2n) is 5.45. The summed E-state index contributed by atoms with van der Waals surface area (Å²) in [5.41, 5.74) is 0.456. The molecule has 0 aromatic rings. The molecule has 2 fully saturated rings. The van der Waals surface area contributed by atoms with Crippen molar-refractivity contribution < 1.29 is 4.79 Å². The van der Waals surface area contributed by atoms with Crippen LogP contribution in [0.15, 0.2) is 0 Å². The van der Waals surface area contributed by atoms with Gasteiger partial charge in [-0.05, 0) is 30.6 Å². The number of hydrogen-bond donors (Lipinski definition) is 2. The molecule has 1 amide bonds. The first-order valence-electron chi connectivity index (χ1n) is 5.60. The van der Waals surface area contributed by atoms with Gasteiger partial charge in [0, 0.05) is 0 Å². The lowest BCUT2D eigenvalue weighted by Gasteiger charge is -2.37. The summed E-state index contributed by atoms with van der Waals surface area (Å²) in [5.74, 6) is 0.781. The fourth-order valence-corrected chi connectivity index (χ4v) is 2.80. The highest BCUT2D eigenvalue weighted by atomic mass is 16.2. The maximum Gasteiger partial charge on any atom is 0.235 e. The third kappa shape index (κ3) is 2.08. The van der Waals surface area contributed by atoms with E-state index in [2.05, 4.69) is 24.5 Å². The first-order chi connectivity index (χ1) is 6.57. The summed E-state index contributed by atoms with van der Waals surface area (Å²) in [6.45, 7) is 5.16. The third-order valence-electron chi connectivity index (χ3n) is 3.51. The molecule has 1 aliphatic carbocycles. The molecule has 2 unspecified atom stereocenters. The van der Waals surface area contributed by atoms with Crippen LogP contribution in [0.3, 0.4) is 0 Å². The molecule has 80 valence electrons. The van der Waals surface area contributed by atoms with E-state index < -0.39 is 0 Å². The zero-order valence-corrected chi connectivity index (χ0v) is 9.10. The molecule has 3 nitrogen and oxygen atoms in total. The van der Waals surface area contributed by atoms with Crippen LogP contribution in [0.4, 0.5) is 0 Å². The maximum absolute atomic E-state index is 11.1. The highest BCUT2D eigenvalue weighted by Gasteiger charge is 2.35. The van der Waals surface area contributed by atoms with Gasteiger partial charge in [-0.25, -0.2) is 0 Å². The van der Waals surface area contributed by atoms with Gasteiger partial charge in [0.15, 0.2) is 0 Å². The molecule has 2 aliphatic rings. The normalized spacial score (nSPS) is 36.9. The minimum Gasteiger partial charge on any atom is -0.339 e. The Balaban J connectivity index is 1.94. The van der Waals surface area contributed by atoms with E-state index in [4.69, 9.17) is 0 Å². The summed E-state index contributed by atoms with van der Waals surface area (Å²) in [5, 5.41) is 6.26. The first kappa shape index (κ1) is 9.97. The minimum absolute atomic E-state index is 0.151. The molecule has 1 saturated carbocycles.